The van der Waals surface area contributed by atoms with E-state index in [1.807, 2.05) is 0 Å². The van der Waals surface area contributed by atoms with Crippen LogP contribution in [0.4, 0.5) is 4.79 Å². The van der Waals surface area contributed by atoms with Gasteiger partial charge in [-0.2, -0.15) is 0 Å². The molecule has 22 N–H and O–H groups in total. The number of allylic oxidation sites excluding steroid dienone is 1. The highest BCUT2D eigenvalue weighted by atomic mass is 16.7. The zero-order valence-electron chi connectivity index (χ0n) is 43.6. The Morgan fingerprint density at radius 3 is 2.00 bits per heavy atom. The molecule has 25 heteroatoms. The lowest BCUT2D eigenvalue weighted by atomic mass is 9.47. The van der Waals surface area contributed by atoms with Crippen molar-refractivity contribution >= 4 is 24.0 Å². The number of aliphatic imine (C=N–C) groups is 1. The minimum Gasteiger partial charge on any atom is -0.446 e. The maximum Gasteiger partial charge on any atom is 0.407 e. The fourth-order valence-corrected chi connectivity index (χ4v) is 14.3. The molecule has 4 saturated carbocycles. The number of guanidine groups is 3. The van der Waals surface area contributed by atoms with Crippen LogP contribution in [-0.2, 0) is 23.7 Å². The first kappa shape index (κ1) is 57.7. The third-order valence-electron chi connectivity index (χ3n) is 18.1. The van der Waals surface area contributed by atoms with Gasteiger partial charge < -0.3 is 110 Å². The van der Waals surface area contributed by atoms with Gasteiger partial charge in [0.2, 0.25) is 11.9 Å². The van der Waals surface area contributed by atoms with Crippen molar-refractivity contribution in [2.24, 2.45) is 95.9 Å². The van der Waals surface area contributed by atoms with Gasteiger partial charge in [-0.3, -0.25) is 0 Å². The van der Waals surface area contributed by atoms with Crippen LogP contribution in [0.3, 0.4) is 0 Å². The molecule has 7 rings (SSSR count). The molecule has 74 heavy (non-hydrogen) atoms. The monoisotopic (exact) mass is 1050 g/mol. The number of hydrogen-bond acceptors (Lipinski definition) is 18. The predicted molar refractivity (Wildman–Crippen MR) is 271 cm³/mol. The molecule has 2 aliphatic heterocycles. The van der Waals surface area contributed by atoms with Crippen LogP contribution < -0.4 is 50.6 Å². The molecular formula is C49H88N12O13. The van der Waals surface area contributed by atoms with E-state index in [0.29, 0.717) is 30.1 Å². The van der Waals surface area contributed by atoms with Gasteiger partial charge in [-0.1, -0.05) is 65.5 Å². The number of rotatable bonds is 18. The summed E-state index contributed by atoms with van der Waals surface area (Å²) in [6.07, 6.45) is -6.37. The smallest absolute Gasteiger partial charge is 0.407 e. The van der Waals surface area contributed by atoms with Crippen LogP contribution in [-0.4, -0.2) is 171 Å². The summed E-state index contributed by atoms with van der Waals surface area (Å²) in [5, 5.41) is 88.0. The van der Waals surface area contributed by atoms with Crippen molar-refractivity contribution in [3.05, 3.63) is 11.6 Å². The summed E-state index contributed by atoms with van der Waals surface area (Å²) < 4.78 is 30.0. The first-order chi connectivity index (χ1) is 35.0. The zero-order chi connectivity index (χ0) is 54.0. The maximum atomic E-state index is 13.5. The van der Waals surface area contributed by atoms with Gasteiger partial charge in [-0.15, -0.1) is 10.2 Å². The number of alkyl carbamates (subject to hydrolysis) is 1. The summed E-state index contributed by atoms with van der Waals surface area (Å²) in [4.78, 5) is 17.4. The Labute approximate surface area is 433 Å². The van der Waals surface area contributed by atoms with Gasteiger partial charge in [-0.25, -0.2) is 9.79 Å². The molecule has 0 unspecified atom stereocenters. The van der Waals surface area contributed by atoms with E-state index in [1.54, 1.807) is 0 Å². The van der Waals surface area contributed by atoms with Crippen molar-refractivity contribution in [3.8, 4) is 0 Å². The number of nitrogens with zero attached hydrogens (tertiary/aromatic N) is 3. The molecule has 7 aliphatic rings. The number of amides is 1. The topological polar surface area (TPSA) is 434 Å². The van der Waals surface area contributed by atoms with E-state index in [9.17, 15) is 40.5 Å². The summed E-state index contributed by atoms with van der Waals surface area (Å²) in [6.45, 7) is 11.0. The lowest BCUT2D eigenvalue weighted by Gasteiger charge is -2.58. The number of carbonyl (C=O) groups is 1. The van der Waals surface area contributed by atoms with Crippen molar-refractivity contribution in [2.45, 2.75) is 210 Å². The molecule has 0 spiro atoms. The van der Waals surface area contributed by atoms with Gasteiger partial charge >= 0.3 is 6.09 Å². The number of carbonyl (C=O) groups excluding carboxylic acids is 1. The van der Waals surface area contributed by atoms with Crippen LogP contribution >= 0.6 is 0 Å². The third kappa shape index (κ3) is 12.4. The van der Waals surface area contributed by atoms with E-state index in [0.717, 1.165) is 36.5 Å². The summed E-state index contributed by atoms with van der Waals surface area (Å²) in [6, 6.07) is -3.61. The lowest BCUT2D eigenvalue weighted by Crippen LogP contribution is -2.68. The van der Waals surface area contributed by atoms with E-state index in [2.05, 4.69) is 72.1 Å². The Morgan fingerprint density at radius 1 is 0.757 bits per heavy atom. The molecule has 1 amide bonds. The number of nitrogens with two attached hydrogens (primary N) is 6. The molecule has 0 aromatic heterocycles. The second-order valence-electron chi connectivity index (χ2n) is 23.2. The summed E-state index contributed by atoms with van der Waals surface area (Å²) in [7, 11) is 0. The van der Waals surface area contributed by atoms with Gasteiger partial charge in [0.05, 0.1) is 18.7 Å². The molecule has 422 valence electrons. The predicted octanol–water partition coefficient (Wildman–Crippen LogP) is -2.16. The van der Waals surface area contributed by atoms with Crippen molar-refractivity contribution in [2.75, 3.05) is 13.2 Å². The van der Waals surface area contributed by atoms with E-state index < -0.39 is 122 Å². The number of fused-ring (bicyclic) bond motifs is 5. The molecule has 0 bridgehead atoms. The van der Waals surface area contributed by atoms with Crippen LogP contribution in [0.15, 0.2) is 26.8 Å². The zero-order valence-corrected chi connectivity index (χ0v) is 43.6. The normalized spacial score (nSPS) is 43.3. The number of hydrogen-bond donors (Lipinski definition) is 16. The quantitative estimate of drug-likeness (QED) is 0.0301. The van der Waals surface area contributed by atoms with Gasteiger partial charge in [0.25, 0.3) is 0 Å². The molecule has 0 aromatic carbocycles. The Bertz CT molecular complexity index is 2010. The largest absolute Gasteiger partial charge is 0.446 e. The van der Waals surface area contributed by atoms with E-state index >= 15 is 0 Å². The first-order valence-corrected chi connectivity index (χ1v) is 26.7. The van der Waals surface area contributed by atoms with E-state index in [1.165, 1.54) is 50.5 Å². The molecule has 2 heterocycles. The molecule has 0 radical (unpaired) electrons. The van der Waals surface area contributed by atoms with Crippen molar-refractivity contribution in [3.63, 3.8) is 0 Å². The third-order valence-corrected chi connectivity index (χ3v) is 18.1. The average molecular weight is 1050 g/mol. The molecule has 2 saturated heterocycles. The van der Waals surface area contributed by atoms with Gasteiger partial charge in [0.15, 0.2) is 18.5 Å². The Hall–Kier alpha value is -4.02. The number of ether oxygens (including phenoxy) is 5. The number of nitrogens with one attached hydrogen (secondary N) is 3. The standard InChI is InChI=1S/C49H88N12O13/c1-21(2)7-6-8-22(3)26-11-12-27-25-10-9-23-17-24(13-15-48(23,4)28(25)14-16-49(26,27)5)70-47(69)56-19-31-35(64)37(66)38(67)43(71-31)74-41-30(59-61-46(54)55)18-29(58-60-45(52)53)40(39(41)68)73-42-36(65)33(57-44(50)51)34(63)32(20-62)72-42/h9,21-22,24-43,58-59,62-68H,6-8,10-20H2,1-5H3,(H,56,69)(H4,50,51,57)(H4,52,53,60)(H4,54,55,61)/t22-,24+,25+,26-,27+,28+,29-,30+,31-,32-,33+,34-,35-,36-,37+,38-,39-,40+,41-,42-,43-,48+,49-/m1/s1. The minimum absolute atomic E-state index is 0.0440. The summed E-state index contributed by atoms with van der Waals surface area (Å²) in [5.74, 6) is 2.93. The van der Waals surface area contributed by atoms with Crippen LogP contribution in [0.2, 0.25) is 0 Å². The van der Waals surface area contributed by atoms with Gasteiger partial charge in [-0.05, 0) is 97.7 Å². The van der Waals surface area contributed by atoms with Crippen LogP contribution in [0.1, 0.15) is 112 Å². The highest BCUT2D eigenvalue weighted by Gasteiger charge is 2.60. The Balaban J connectivity index is 0.995. The van der Waals surface area contributed by atoms with Crippen molar-refractivity contribution in [1.82, 2.24) is 16.2 Å². The molecular weight excluding hydrogens is 965 g/mol. The fraction of sp³-hybridized carbons (Fsp3) is 0.878. The second-order valence-corrected chi connectivity index (χ2v) is 23.2. The highest BCUT2D eigenvalue weighted by Crippen LogP contribution is 2.67. The molecule has 23 atom stereocenters. The minimum atomic E-state index is -1.91. The fourth-order valence-electron chi connectivity index (χ4n) is 14.3. The molecule has 5 aliphatic carbocycles. The van der Waals surface area contributed by atoms with Gasteiger partial charge in [0.1, 0.15) is 73.2 Å². The van der Waals surface area contributed by atoms with Crippen molar-refractivity contribution in [1.29, 1.82) is 0 Å². The van der Waals surface area contributed by atoms with Crippen LogP contribution in [0, 0.1) is 46.3 Å². The molecule has 0 aromatic rings. The highest BCUT2D eigenvalue weighted by molar-refractivity contribution is 5.76. The van der Waals surface area contributed by atoms with Gasteiger partial charge in [0, 0.05) is 13.0 Å². The number of aliphatic hydroxyl groups is 7. The summed E-state index contributed by atoms with van der Waals surface area (Å²) >= 11 is 0. The van der Waals surface area contributed by atoms with E-state index in [-0.39, 0.29) is 24.5 Å². The van der Waals surface area contributed by atoms with Crippen LogP contribution in [0.25, 0.3) is 0 Å². The second kappa shape index (κ2) is 24.1. The average Bonchev–Trinajstić information content (AvgIpc) is 3.70. The number of hydrazone groups is 2. The molecule has 25 nitrogen and oxygen atoms in total. The lowest BCUT2D eigenvalue weighted by molar-refractivity contribution is -0.334. The first-order valence-electron chi connectivity index (χ1n) is 26.7. The molecule has 6 fully saturated rings. The van der Waals surface area contributed by atoms with E-state index in [4.69, 9.17) is 58.1 Å². The van der Waals surface area contributed by atoms with Crippen LogP contribution in [0.5, 0.6) is 0 Å². The van der Waals surface area contributed by atoms with Crippen molar-refractivity contribution < 1.29 is 64.2 Å². The Kier molecular flexibility index (Phi) is 18.8. The maximum absolute atomic E-state index is 13.5. The summed E-state index contributed by atoms with van der Waals surface area (Å²) in [5.41, 5.74) is 40.8. The Morgan fingerprint density at radius 2 is 1.39 bits per heavy atom. The SMILES string of the molecule is CC(C)CCC[C@@H](C)[C@H]1CC[C@H]2[C@@H]3CC=C4C[C@@H](OC(=O)NC[C@H]5O[C@H](O[C@H]6[C@H](O)[C@@H](O[C@H]7O[C@H](CO)[C@@H](O)[C@H](N=C(N)N)[C@H]7O)[C@H](NN=C(N)N)C[C@@H]6NN=C(N)N)[C@H](O)[C@@H](O)[C@@H]5O)CC[C@]4(C)[C@H]3CC[C@]12C. The number of aliphatic hydroxyl groups excluding tert-OH is 7.